The van der Waals surface area contributed by atoms with Crippen molar-refractivity contribution < 1.29 is 9.13 Å². The van der Waals surface area contributed by atoms with Gasteiger partial charge in [-0.2, -0.15) is 5.26 Å². The molecule has 0 radical (unpaired) electrons. The first-order valence-corrected chi connectivity index (χ1v) is 5.08. The second kappa shape index (κ2) is 4.41. The molecule has 0 spiro atoms. The molecule has 1 aromatic rings. The molecular weight excluding hydrogens is 193 g/mol. The van der Waals surface area contributed by atoms with Crippen molar-refractivity contribution in [2.24, 2.45) is 5.92 Å². The number of ether oxygens (including phenoxy) is 1. The molecule has 1 aromatic carbocycles. The number of hydrogen-bond acceptors (Lipinski definition) is 2. The Morgan fingerprint density at radius 2 is 2.20 bits per heavy atom. The quantitative estimate of drug-likeness (QED) is 0.706. The van der Waals surface area contributed by atoms with Crippen molar-refractivity contribution in [3.8, 4) is 6.07 Å². The van der Waals surface area contributed by atoms with Gasteiger partial charge in [-0.1, -0.05) is 18.2 Å². The van der Waals surface area contributed by atoms with Crippen molar-refractivity contribution in [1.29, 1.82) is 5.26 Å². The molecule has 15 heavy (non-hydrogen) atoms. The fraction of sp³-hybridized carbons (Fsp3) is 0.417. The monoisotopic (exact) mass is 205 g/mol. The Kier molecular flexibility index (Phi) is 2.98. The summed E-state index contributed by atoms with van der Waals surface area (Å²) >= 11 is 0. The lowest BCUT2D eigenvalue weighted by Crippen LogP contribution is -2.22. The molecule has 2 rings (SSSR count). The van der Waals surface area contributed by atoms with Gasteiger partial charge in [0.1, 0.15) is 11.9 Å². The van der Waals surface area contributed by atoms with E-state index in [4.69, 9.17) is 10.00 Å². The molecule has 1 aliphatic heterocycles. The molecule has 1 aliphatic rings. The SMILES string of the molecule is N#CC1CCCOC1c1ccccc1F. The van der Waals surface area contributed by atoms with E-state index < -0.39 is 6.10 Å². The first kappa shape index (κ1) is 10.1. The van der Waals surface area contributed by atoms with Crippen molar-refractivity contribution in [3.63, 3.8) is 0 Å². The zero-order chi connectivity index (χ0) is 10.7. The molecule has 0 N–H and O–H groups in total. The average molecular weight is 205 g/mol. The maximum absolute atomic E-state index is 13.5. The van der Waals surface area contributed by atoms with Crippen molar-refractivity contribution in [2.45, 2.75) is 18.9 Å². The Hall–Kier alpha value is -1.40. The van der Waals surface area contributed by atoms with E-state index in [2.05, 4.69) is 6.07 Å². The van der Waals surface area contributed by atoms with Crippen LogP contribution < -0.4 is 0 Å². The predicted molar refractivity (Wildman–Crippen MR) is 53.4 cm³/mol. The zero-order valence-electron chi connectivity index (χ0n) is 8.32. The highest BCUT2D eigenvalue weighted by atomic mass is 19.1. The molecule has 2 nitrogen and oxygen atoms in total. The summed E-state index contributed by atoms with van der Waals surface area (Å²) in [7, 11) is 0. The Balaban J connectivity index is 2.29. The summed E-state index contributed by atoms with van der Waals surface area (Å²) in [6.45, 7) is 0.608. The van der Waals surface area contributed by atoms with E-state index in [1.54, 1.807) is 18.2 Å². The van der Waals surface area contributed by atoms with Crippen molar-refractivity contribution >= 4 is 0 Å². The molecule has 3 heteroatoms. The molecule has 1 heterocycles. The van der Waals surface area contributed by atoms with E-state index in [1.165, 1.54) is 6.07 Å². The summed E-state index contributed by atoms with van der Waals surface area (Å²) < 4.78 is 19.0. The van der Waals surface area contributed by atoms with Crippen LogP contribution >= 0.6 is 0 Å². The minimum atomic E-state index is -0.398. The third kappa shape index (κ3) is 2.00. The predicted octanol–water partition coefficient (Wildman–Crippen LogP) is 2.82. The van der Waals surface area contributed by atoms with Crippen LogP contribution in [0, 0.1) is 23.1 Å². The molecular formula is C12H12FNO. The van der Waals surface area contributed by atoms with Crippen LogP contribution in [0.25, 0.3) is 0 Å². The van der Waals surface area contributed by atoms with Crippen LogP contribution in [0.1, 0.15) is 24.5 Å². The van der Waals surface area contributed by atoms with Gasteiger partial charge in [-0.05, 0) is 18.9 Å². The number of benzene rings is 1. The Morgan fingerprint density at radius 1 is 1.40 bits per heavy atom. The molecule has 1 saturated heterocycles. The number of rotatable bonds is 1. The highest BCUT2D eigenvalue weighted by Gasteiger charge is 2.29. The van der Waals surface area contributed by atoms with Crippen molar-refractivity contribution in [2.75, 3.05) is 6.61 Å². The third-order valence-electron chi connectivity index (χ3n) is 2.70. The molecule has 2 atom stereocenters. The van der Waals surface area contributed by atoms with E-state index in [-0.39, 0.29) is 11.7 Å². The summed E-state index contributed by atoms with van der Waals surface area (Å²) in [4.78, 5) is 0. The van der Waals surface area contributed by atoms with Crippen LogP contribution in [-0.4, -0.2) is 6.61 Å². The van der Waals surface area contributed by atoms with Gasteiger partial charge in [-0.15, -0.1) is 0 Å². The van der Waals surface area contributed by atoms with E-state index in [9.17, 15) is 4.39 Å². The molecule has 0 amide bonds. The largest absolute Gasteiger partial charge is 0.372 e. The summed E-state index contributed by atoms with van der Waals surface area (Å²) in [5, 5.41) is 8.96. The standard InChI is InChI=1S/C12H12FNO/c13-11-6-2-1-5-10(11)12-9(8-14)4-3-7-15-12/h1-2,5-6,9,12H,3-4,7H2. The van der Waals surface area contributed by atoms with Crippen LogP contribution in [0.4, 0.5) is 4.39 Å². The lowest BCUT2D eigenvalue weighted by Gasteiger charge is -2.27. The number of halogens is 1. The van der Waals surface area contributed by atoms with Crippen LogP contribution in [0.3, 0.4) is 0 Å². The lowest BCUT2D eigenvalue weighted by molar-refractivity contribution is -0.0121. The van der Waals surface area contributed by atoms with Crippen LogP contribution in [0.2, 0.25) is 0 Å². The second-order valence-electron chi connectivity index (χ2n) is 3.69. The topological polar surface area (TPSA) is 33.0 Å². The summed E-state index contributed by atoms with van der Waals surface area (Å²) in [5.41, 5.74) is 0.503. The molecule has 0 aromatic heterocycles. The maximum atomic E-state index is 13.5. The first-order valence-electron chi connectivity index (χ1n) is 5.08. The molecule has 0 saturated carbocycles. The normalized spacial score (nSPS) is 25.9. The number of nitrogens with zero attached hydrogens (tertiary/aromatic N) is 1. The highest BCUT2D eigenvalue weighted by molar-refractivity contribution is 5.22. The average Bonchev–Trinajstić information content (AvgIpc) is 2.30. The molecule has 78 valence electrons. The minimum Gasteiger partial charge on any atom is -0.372 e. The Morgan fingerprint density at radius 3 is 2.93 bits per heavy atom. The van der Waals surface area contributed by atoms with Crippen LogP contribution in [0.15, 0.2) is 24.3 Å². The molecule has 0 aliphatic carbocycles. The smallest absolute Gasteiger partial charge is 0.129 e. The van der Waals surface area contributed by atoms with Gasteiger partial charge in [0.15, 0.2) is 0 Å². The molecule has 1 fully saturated rings. The first-order chi connectivity index (χ1) is 7.33. The number of nitriles is 1. The van der Waals surface area contributed by atoms with Gasteiger partial charge in [0.2, 0.25) is 0 Å². The molecule has 2 unspecified atom stereocenters. The zero-order valence-corrected chi connectivity index (χ0v) is 8.32. The van der Waals surface area contributed by atoms with Crippen LogP contribution in [0.5, 0.6) is 0 Å². The van der Waals surface area contributed by atoms with Crippen LogP contribution in [-0.2, 0) is 4.74 Å². The van der Waals surface area contributed by atoms with Gasteiger partial charge >= 0.3 is 0 Å². The maximum Gasteiger partial charge on any atom is 0.129 e. The summed E-state index contributed by atoms with van der Waals surface area (Å²) in [6, 6.07) is 8.69. The van der Waals surface area contributed by atoms with Gasteiger partial charge in [-0.25, -0.2) is 4.39 Å². The van der Waals surface area contributed by atoms with Gasteiger partial charge < -0.3 is 4.74 Å². The lowest BCUT2D eigenvalue weighted by atomic mass is 9.90. The minimum absolute atomic E-state index is 0.226. The summed E-state index contributed by atoms with van der Waals surface area (Å²) in [5.74, 6) is -0.514. The highest BCUT2D eigenvalue weighted by Crippen LogP contribution is 2.34. The fourth-order valence-corrected chi connectivity index (χ4v) is 1.93. The Labute approximate surface area is 88.3 Å². The van der Waals surface area contributed by atoms with Gasteiger partial charge in [0.05, 0.1) is 12.0 Å². The fourth-order valence-electron chi connectivity index (χ4n) is 1.93. The van der Waals surface area contributed by atoms with E-state index >= 15 is 0 Å². The second-order valence-corrected chi connectivity index (χ2v) is 3.69. The van der Waals surface area contributed by atoms with Crippen molar-refractivity contribution in [3.05, 3.63) is 35.6 Å². The van der Waals surface area contributed by atoms with E-state index in [0.29, 0.717) is 12.2 Å². The third-order valence-corrected chi connectivity index (χ3v) is 2.70. The van der Waals surface area contributed by atoms with E-state index in [1.807, 2.05) is 0 Å². The Bertz CT molecular complexity index is 385. The van der Waals surface area contributed by atoms with E-state index in [0.717, 1.165) is 12.8 Å². The summed E-state index contributed by atoms with van der Waals surface area (Å²) in [6.07, 6.45) is 1.27. The van der Waals surface area contributed by atoms with Gasteiger partial charge in [0.25, 0.3) is 0 Å². The van der Waals surface area contributed by atoms with Gasteiger partial charge in [0, 0.05) is 12.2 Å². The van der Waals surface area contributed by atoms with Gasteiger partial charge in [-0.3, -0.25) is 0 Å². The number of hydrogen-bond donors (Lipinski definition) is 0. The molecule has 0 bridgehead atoms. The van der Waals surface area contributed by atoms with Crippen molar-refractivity contribution in [1.82, 2.24) is 0 Å².